The monoisotopic (exact) mass is 379 g/mol. The molecule has 0 aliphatic rings. The first-order valence-electron chi connectivity index (χ1n) is 6.75. The average molecular weight is 379 g/mol. The maximum Gasteiger partial charge on any atom is 0.191 e. The van der Waals surface area contributed by atoms with Crippen molar-refractivity contribution in [1.29, 1.82) is 0 Å². The molecule has 0 aliphatic carbocycles. The van der Waals surface area contributed by atoms with E-state index in [0.29, 0.717) is 6.54 Å². The van der Waals surface area contributed by atoms with Crippen LogP contribution in [-0.2, 0) is 6.54 Å². The van der Waals surface area contributed by atoms with E-state index < -0.39 is 0 Å². The zero-order valence-electron chi connectivity index (χ0n) is 12.4. The minimum atomic E-state index is 0. The van der Waals surface area contributed by atoms with Gasteiger partial charge >= 0.3 is 0 Å². The third-order valence-corrected chi connectivity index (χ3v) is 2.72. The fourth-order valence-corrected chi connectivity index (χ4v) is 1.73. The Balaban J connectivity index is 0.00000324. The molecule has 1 aromatic heterocycles. The Morgan fingerprint density at radius 1 is 1.26 bits per heavy atom. The van der Waals surface area contributed by atoms with Crippen LogP contribution in [0.4, 0.5) is 0 Å². The molecule has 0 radical (unpaired) electrons. The number of aryl methyl sites for hydroxylation is 2. The molecular formula is C14H26IN3O. The van der Waals surface area contributed by atoms with Gasteiger partial charge in [-0.05, 0) is 33.3 Å². The Hall–Kier alpha value is -0.720. The number of hydrogen-bond acceptors (Lipinski definition) is 2. The standard InChI is InChI=1S/C14H25N3O.HI/c1-5-7-8-16-14(15-6-2)17-10-13-9-11(3)18-12(13)4;/h9H,5-8,10H2,1-4H3,(H2,15,16,17);1H. The highest BCUT2D eigenvalue weighted by Gasteiger charge is 2.04. The van der Waals surface area contributed by atoms with E-state index in [1.165, 1.54) is 6.42 Å². The molecule has 110 valence electrons. The predicted octanol–water partition coefficient (Wildman–Crippen LogP) is 3.37. The van der Waals surface area contributed by atoms with Gasteiger partial charge in [-0.15, -0.1) is 24.0 Å². The molecule has 0 spiro atoms. The average Bonchev–Trinajstić information content (AvgIpc) is 2.65. The zero-order chi connectivity index (χ0) is 13.4. The van der Waals surface area contributed by atoms with Crippen molar-refractivity contribution in [3.8, 4) is 0 Å². The maximum absolute atomic E-state index is 5.50. The maximum atomic E-state index is 5.50. The number of nitrogens with zero attached hydrogens (tertiary/aromatic N) is 1. The molecule has 0 aliphatic heterocycles. The Morgan fingerprint density at radius 3 is 2.53 bits per heavy atom. The number of guanidine groups is 1. The first-order valence-corrected chi connectivity index (χ1v) is 6.75. The number of unbranched alkanes of at least 4 members (excludes halogenated alkanes) is 1. The largest absolute Gasteiger partial charge is 0.466 e. The molecule has 0 fully saturated rings. The van der Waals surface area contributed by atoms with E-state index >= 15 is 0 Å². The van der Waals surface area contributed by atoms with Crippen LogP contribution in [-0.4, -0.2) is 19.0 Å². The normalized spacial score (nSPS) is 11.1. The lowest BCUT2D eigenvalue weighted by Crippen LogP contribution is -2.37. The quantitative estimate of drug-likeness (QED) is 0.345. The van der Waals surface area contributed by atoms with Gasteiger partial charge in [-0.2, -0.15) is 0 Å². The summed E-state index contributed by atoms with van der Waals surface area (Å²) in [5, 5.41) is 6.57. The molecule has 5 heteroatoms. The fourth-order valence-electron chi connectivity index (χ4n) is 1.73. The van der Waals surface area contributed by atoms with Gasteiger partial charge in [0.05, 0.1) is 6.54 Å². The molecule has 1 rings (SSSR count). The van der Waals surface area contributed by atoms with Crippen LogP contribution >= 0.6 is 24.0 Å². The second-order valence-electron chi connectivity index (χ2n) is 4.41. The molecule has 1 heterocycles. The van der Waals surface area contributed by atoms with Gasteiger partial charge < -0.3 is 15.1 Å². The minimum absolute atomic E-state index is 0. The van der Waals surface area contributed by atoms with Crippen LogP contribution < -0.4 is 10.6 Å². The highest BCUT2D eigenvalue weighted by Crippen LogP contribution is 2.14. The molecule has 0 bridgehead atoms. The van der Waals surface area contributed by atoms with E-state index in [1.54, 1.807) is 0 Å². The van der Waals surface area contributed by atoms with Crippen molar-refractivity contribution >= 4 is 29.9 Å². The Kier molecular flexibility index (Phi) is 9.73. The van der Waals surface area contributed by atoms with Gasteiger partial charge in [-0.1, -0.05) is 13.3 Å². The predicted molar refractivity (Wildman–Crippen MR) is 91.3 cm³/mol. The molecule has 4 nitrogen and oxygen atoms in total. The van der Waals surface area contributed by atoms with Crippen molar-refractivity contribution < 1.29 is 4.42 Å². The summed E-state index contributed by atoms with van der Waals surface area (Å²) in [5.74, 6) is 2.78. The highest BCUT2D eigenvalue weighted by atomic mass is 127. The van der Waals surface area contributed by atoms with Gasteiger partial charge in [0.1, 0.15) is 11.5 Å². The fraction of sp³-hybridized carbons (Fsp3) is 0.643. The van der Waals surface area contributed by atoms with Crippen molar-refractivity contribution in [3.05, 3.63) is 23.2 Å². The molecule has 0 unspecified atom stereocenters. The van der Waals surface area contributed by atoms with E-state index in [-0.39, 0.29) is 24.0 Å². The molecule has 0 saturated carbocycles. The summed E-state index contributed by atoms with van der Waals surface area (Å²) in [6, 6.07) is 2.05. The lowest BCUT2D eigenvalue weighted by Gasteiger charge is -2.10. The first kappa shape index (κ1) is 18.3. The van der Waals surface area contributed by atoms with Gasteiger partial charge in [-0.25, -0.2) is 4.99 Å². The third kappa shape index (κ3) is 6.84. The first-order chi connectivity index (χ1) is 8.67. The molecule has 0 amide bonds. The Bertz CT molecular complexity index is 388. The lowest BCUT2D eigenvalue weighted by molar-refractivity contribution is 0.501. The van der Waals surface area contributed by atoms with Gasteiger partial charge in [0.25, 0.3) is 0 Å². The van der Waals surface area contributed by atoms with Gasteiger partial charge in [-0.3, -0.25) is 0 Å². The van der Waals surface area contributed by atoms with Crippen LogP contribution in [0.3, 0.4) is 0 Å². The Morgan fingerprint density at radius 2 is 2.00 bits per heavy atom. The van der Waals surface area contributed by atoms with Crippen molar-refractivity contribution in [1.82, 2.24) is 10.6 Å². The second kappa shape index (κ2) is 10.1. The number of hydrogen-bond donors (Lipinski definition) is 2. The van der Waals surface area contributed by atoms with Crippen molar-refractivity contribution in [2.45, 2.75) is 47.1 Å². The smallest absolute Gasteiger partial charge is 0.191 e. The van der Waals surface area contributed by atoms with Crippen LogP contribution in [0.2, 0.25) is 0 Å². The number of rotatable bonds is 6. The van der Waals surface area contributed by atoms with Crippen molar-refractivity contribution in [2.24, 2.45) is 4.99 Å². The summed E-state index contributed by atoms with van der Waals surface area (Å²) >= 11 is 0. The summed E-state index contributed by atoms with van der Waals surface area (Å²) in [7, 11) is 0. The van der Waals surface area contributed by atoms with Crippen LogP contribution in [0.25, 0.3) is 0 Å². The van der Waals surface area contributed by atoms with Gasteiger partial charge in [0.2, 0.25) is 0 Å². The molecule has 2 N–H and O–H groups in total. The molecule has 0 saturated heterocycles. The molecule has 1 aromatic rings. The van der Waals surface area contributed by atoms with Crippen molar-refractivity contribution in [3.63, 3.8) is 0 Å². The topological polar surface area (TPSA) is 49.6 Å². The number of furan rings is 1. The zero-order valence-corrected chi connectivity index (χ0v) is 14.7. The summed E-state index contributed by atoms with van der Waals surface area (Å²) in [6.07, 6.45) is 2.35. The molecular weight excluding hydrogens is 353 g/mol. The van der Waals surface area contributed by atoms with Crippen LogP contribution in [0, 0.1) is 13.8 Å². The lowest BCUT2D eigenvalue weighted by atomic mass is 10.2. The molecule has 19 heavy (non-hydrogen) atoms. The van der Waals surface area contributed by atoms with E-state index in [1.807, 2.05) is 13.8 Å². The summed E-state index contributed by atoms with van der Waals surface area (Å²) in [4.78, 5) is 4.56. The van der Waals surface area contributed by atoms with E-state index in [2.05, 4.69) is 35.5 Å². The minimum Gasteiger partial charge on any atom is -0.466 e. The van der Waals surface area contributed by atoms with Crippen LogP contribution in [0.15, 0.2) is 15.5 Å². The van der Waals surface area contributed by atoms with Gasteiger partial charge in [0.15, 0.2) is 5.96 Å². The van der Waals surface area contributed by atoms with E-state index in [0.717, 1.165) is 42.6 Å². The molecule has 0 atom stereocenters. The number of halogens is 1. The Labute approximate surface area is 133 Å². The summed E-state index contributed by atoms with van der Waals surface area (Å²) < 4.78 is 5.50. The summed E-state index contributed by atoms with van der Waals surface area (Å²) in [5.41, 5.74) is 1.15. The van der Waals surface area contributed by atoms with Gasteiger partial charge in [0, 0.05) is 18.7 Å². The third-order valence-electron chi connectivity index (χ3n) is 2.72. The molecule has 0 aromatic carbocycles. The van der Waals surface area contributed by atoms with Crippen LogP contribution in [0.1, 0.15) is 43.8 Å². The van der Waals surface area contributed by atoms with Crippen LogP contribution in [0.5, 0.6) is 0 Å². The highest BCUT2D eigenvalue weighted by molar-refractivity contribution is 14.0. The second-order valence-corrected chi connectivity index (χ2v) is 4.41. The SMILES string of the molecule is CCCCNC(=NCc1cc(C)oc1C)NCC.I. The van der Waals surface area contributed by atoms with Crippen molar-refractivity contribution in [2.75, 3.05) is 13.1 Å². The summed E-state index contributed by atoms with van der Waals surface area (Å²) in [6.45, 7) is 10.7. The van der Waals surface area contributed by atoms with E-state index in [4.69, 9.17) is 4.42 Å². The van der Waals surface area contributed by atoms with E-state index in [9.17, 15) is 0 Å². The number of aliphatic imine (C=N–C) groups is 1. The number of nitrogens with one attached hydrogen (secondary N) is 2.